The lowest BCUT2D eigenvalue weighted by molar-refractivity contribution is 0.249. The van der Waals surface area contributed by atoms with E-state index < -0.39 is 6.03 Å². The first-order chi connectivity index (χ1) is 8.65. The molecule has 0 fully saturated rings. The summed E-state index contributed by atoms with van der Waals surface area (Å²) in [6, 6.07) is 1.30. The molecule has 0 aliphatic rings. The maximum atomic E-state index is 10.5. The van der Waals surface area contributed by atoms with Crippen LogP contribution in [0.2, 0.25) is 0 Å². The number of urea groups is 1. The van der Waals surface area contributed by atoms with Crippen molar-refractivity contribution in [1.29, 1.82) is 0 Å². The van der Waals surface area contributed by atoms with E-state index in [1.165, 1.54) is 0 Å². The summed E-state index contributed by atoms with van der Waals surface area (Å²) in [4.78, 5) is 19.2. The third-order valence-corrected chi connectivity index (χ3v) is 2.23. The van der Waals surface area contributed by atoms with Gasteiger partial charge in [0, 0.05) is 32.6 Å². The summed E-state index contributed by atoms with van der Waals surface area (Å²) in [5.74, 6) is 2.32. The Hall–Kier alpha value is -2.05. The number of hydrogen-bond donors (Lipinski definition) is 4. The number of carbonyl (C=O) groups is 1. The van der Waals surface area contributed by atoms with Crippen LogP contribution in [0.3, 0.4) is 0 Å². The second-order valence-electron chi connectivity index (χ2n) is 3.77. The van der Waals surface area contributed by atoms with E-state index in [0.717, 1.165) is 30.3 Å². The van der Waals surface area contributed by atoms with Crippen LogP contribution in [-0.4, -0.2) is 36.1 Å². The van der Waals surface area contributed by atoms with Crippen molar-refractivity contribution in [3.05, 3.63) is 11.9 Å². The van der Waals surface area contributed by atoms with E-state index in [9.17, 15) is 4.79 Å². The molecule has 1 heterocycles. The third-order valence-electron chi connectivity index (χ3n) is 2.23. The molecule has 5 N–H and O–H groups in total. The SMILES string of the molecule is CCCc1nc(NC)cc(NCCNC(N)=O)n1. The fourth-order valence-corrected chi connectivity index (χ4v) is 1.43. The summed E-state index contributed by atoms with van der Waals surface area (Å²) in [7, 11) is 1.82. The molecule has 0 aliphatic carbocycles. The fourth-order valence-electron chi connectivity index (χ4n) is 1.43. The highest BCUT2D eigenvalue weighted by Gasteiger charge is 2.02. The van der Waals surface area contributed by atoms with Crippen LogP contribution in [0, 0.1) is 0 Å². The van der Waals surface area contributed by atoms with Crippen LogP contribution in [0.4, 0.5) is 16.4 Å². The van der Waals surface area contributed by atoms with Gasteiger partial charge in [-0.25, -0.2) is 14.8 Å². The number of aryl methyl sites for hydroxylation is 1. The molecule has 0 unspecified atom stereocenters. The van der Waals surface area contributed by atoms with Crippen molar-refractivity contribution in [2.24, 2.45) is 5.73 Å². The smallest absolute Gasteiger partial charge is 0.312 e. The number of carbonyl (C=O) groups excluding carboxylic acids is 1. The number of hydrogen-bond acceptors (Lipinski definition) is 5. The van der Waals surface area contributed by atoms with Crippen LogP contribution in [0.25, 0.3) is 0 Å². The molecule has 1 aromatic rings. The monoisotopic (exact) mass is 252 g/mol. The zero-order valence-corrected chi connectivity index (χ0v) is 10.8. The topological polar surface area (TPSA) is 105 Å². The number of nitrogens with two attached hydrogens (primary N) is 1. The van der Waals surface area contributed by atoms with E-state index in [1.807, 2.05) is 13.1 Å². The molecule has 0 bridgehead atoms. The van der Waals surface area contributed by atoms with E-state index in [1.54, 1.807) is 0 Å². The predicted octanol–water partition coefficient (Wildman–Crippen LogP) is 0.551. The first-order valence-corrected chi connectivity index (χ1v) is 5.98. The Morgan fingerprint density at radius 1 is 1.33 bits per heavy atom. The Bertz CT molecular complexity index is 395. The van der Waals surface area contributed by atoms with Gasteiger partial charge in [-0.2, -0.15) is 0 Å². The van der Waals surface area contributed by atoms with Crippen LogP contribution < -0.4 is 21.7 Å². The molecule has 0 radical (unpaired) electrons. The maximum Gasteiger partial charge on any atom is 0.312 e. The van der Waals surface area contributed by atoms with E-state index in [4.69, 9.17) is 5.73 Å². The lowest BCUT2D eigenvalue weighted by Gasteiger charge is -2.09. The van der Waals surface area contributed by atoms with Gasteiger partial charge in [0.05, 0.1) is 0 Å². The van der Waals surface area contributed by atoms with Crippen LogP contribution in [0.1, 0.15) is 19.2 Å². The third kappa shape index (κ3) is 4.86. The first-order valence-electron chi connectivity index (χ1n) is 5.98. The molecule has 2 amide bonds. The molecule has 1 rings (SSSR count). The molecule has 0 aliphatic heterocycles. The number of nitrogens with zero attached hydrogens (tertiary/aromatic N) is 2. The van der Waals surface area contributed by atoms with E-state index in [0.29, 0.717) is 13.1 Å². The number of anilines is 2. The molecule has 0 saturated carbocycles. The largest absolute Gasteiger partial charge is 0.373 e. The van der Waals surface area contributed by atoms with Crippen molar-refractivity contribution in [3.8, 4) is 0 Å². The molecule has 1 aromatic heterocycles. The van der Waals surface area contributed by atoms with Gasteiger partial charge < -0.3 is 21.7 Å². The van der Waals surface area contributed by atoms with Crippen LogP contribution >= 0.6 is 0 Å². The highest BCUT2D eigenvalue weighted by molar-refractivity contribution is 5.71. The fraction of sp³-hybridized carbons (Fsp3) is 0.545. The number of primary amides is 1. The normalized spacial score (nSPS) is 9.89. The van der Waals surface area contributed by atoms with E-state index >= 15 is 0 Å². The molecule has 0 spiro atoms. The standard InChI is InChI=1S/C11H20N6O/c1-3-4-8-16-9(13-2)7-10(17-8)14-5-6-15-11(12)18/h7H,3-6H2,1-2H3,(H3,12,15,18)(H2,13,14,16,17). The summed E-state index contributed by atoms with van der Waals surface area (Å²) in [5.41, 5.74) is 4.97. The summed E-state index contributed by atoms with van der Waals surface area (Å²) in [6.07, 6.45) is 1.83. The number of nitrogens with one attached hydrogen (secondary N) is 3. The summed E-state index contributed by atoms with van der Waals surface area (Å²) < 4.78 is 0. The van der Waals surface area contributed by atoms with Crippen molar-refractivity contribution in [3.63, 3.8) is 0 Å². The van der Waals surface area contributed by atoms with Gasteiger partial charge in [0.25, 0.3) is 0 Å². The molecular formula is C11H20N6O. The maximum absolute atomic E-state index is 10.5. The average Bonchev–Trinajstić information content (AvgIpc) is 2.34. The number of rotatable bonds is 7. The molecule has 18 heavy (non-hydrogen) atoms. The molecule has 100 valence electrons. The van der Waals surface area contributed by atoms with Crippen molar-refractivity contribution in [2.45, 2.75) is 19.8 Å². The molecule has 0 saturated heterocycles. The Balaban J connectivity index is 2.57. The van der Waals surface area contributed by atoms with Gasteiger partial charge in [0.1, 0.15) is 17.5 Å². The van der Waals surface area contributed by atoms with Gasteiger partial charge in [-0.1, -0.05) is 6.92 Å². The molecule has 0 aromatic carbocycles. The second kappa shape index (κ2) is 7.31. The van der Waals surface area contributed by atoms with Gasteiger partial charge in [-0.05, 0) is 6.42 Å². The van der Waals surface area contributed by atoms with Gasteiger partial charge in [-0.15, -0.1) is 0 Å². The van der Waals surface area contributed by atoms with Crippen LogP contribution in [0.15, 0.2) is 6.07 Å². The molecule has 7 heteroatoms. The van der Waals surface area contributed by atoms with Gasteiger partial charge in [0.2, 0.25) is 0 Å². The minimum absolute atomic E-state index is 0.456. The van der Waals surface area contributed by atoms with Gasteiger partial charge in [-0.3, -0.25) is 0 Å². The Labute approximate surface area is 107 Å². The van der Waals surface area contributed by atoms with Crippen molar-refractivity contribution in [1.82, 2.24) is 15.3 Å². The Morgan fingerprint density at radius 3 is 2.67 bits per heavy atom. The van der Waals surface area contributed by atoms with Gasteiger partial charge >= 0.3 is 6.03 Å². The summed E-state index contributed by atoms with van der Waals surface area (Å²) in [5, 5.41) is 8.61. The predicted molar refractivity (Wildman–Crippen MR) is 71.6 cm³/mol. The molecule has 7 nitrogen and oxygen atoms in total. The highest BCUT2D eigenvalue weighted by Crippen LogP contribution is 2.11. The average molecular weight is 252 g/mol. The van der Waals surface area contributed by atoms with E-state index in [2.05, 4.69) is 32.8 Å². The lowest BCUT2D eigenvalue weighted by Crippen LogP contribution is -2.33. The van der Waals surface area contributed by atoms with Crippen molar-refractivity contribution in [2.75, 3.05) is 30.8 Å². The molecular weight excluding hydrogens is 232 g/mol. The Morgan fingerprint density at radius 2 is 2.06 bits per heavy atom. The van der Waals surface area contributed by atoms with Gasteiger partial charge in [0.15, 0.2) is 0 Å². The minimum atomic E-state index is -0.526. The molecule has 0 atom stereocenters. The zero-order chi connectivity index (χ0) is 13.4. The van der Waals surface area contributed by atoms with Crippen LogP contribution in [0.5, 0.6) is 0 Å². The summed E-state index contributed by atoms with van der Waals surface area (Å²) >= 11 is 0. The lowest BCUT2D eigenvalue weighted by atomic mass is 10.3. The number of amides is 2. The summed E-state index contributed by atoms with van der Waals surface area (Å²) in [6.45, 7) is 3.10. The quantitative estimate of drug-likeness (QED) is 0.530. The zero-order valence-electron chi connectivity index (χ0n) is 10.8. The van der Waals surface area contributed by atoms with Crippen LogP contribution in [-0.2, 0) is 6.42 Å². The second-order valence-corrected chi connectivity index (χ2v) is 3.77. The number of aromatic nitrogens is 2. The first kappa shape index (κ1) is 14.0. The van der Waals surface area contributed by atoms with E-state index in [-0.39, 0.29) is 0 Å². The minimum Gasteiger partial charge on any atom is -0.373 e. The Kier molecular flexibility index (Phi) is 5.69. The van der Waals surface area contributed by atoms with Crippen molar-refractivity contribution >= 4 is 17.7 Å². The highest BCUT2D eigenvalue weighted by atomic mass is 16.2. The van der Waals surface area contributed by atoms with Crippen molar-refractivity contribution < 1.29 is 4.79 Å².